The number of fused-ring (bicyclic) bond motifs is 1. The molecule has 0 aliphatic carbocycles. The average molecular weight is 245 g/mol. The minimum absolute atomic E-state index is 0.741. The molecule has 18 heavy (non-hydrogen) atoms. The molecule has 3 rings (SSSR count). The van der Waals surface area contributed by atoms with E-state index in [1.165, 1.54) is 43.5 Å². The molecule has 98 valence electrons. The molecular weight excluding hydrogens is 222 g/mol. The zero-order valence-corrected chi connectivity index (χ0v) is 11.2. The fraction of sp³-hybridized carbons (Fsp3) is 0.600. The van der Waals surface area contributed by atoms with Crippen molar-refractivity contribution >= 4 is 5.69 Å². The number of likely N-dealkylation sites (tertiary alicyclic amines) is 1. The van der Waals surface area contributed by atoms with Gasteiger partial charge in [0.25, 0.3) is 0 Å². The Bertz CT molecular complexity index is 430. The largest absolute Gasteiger partial charge is 0.399 e. The Balaban J connectivity index is 1.63. The van der Waals surface area contributed by atoms with Crippen molar-refractivity contribution in [3.63, 3.8) is 0 Å². The highest BCUT2D eigenvalue weighted by molar-refractivity contribution is 5.46. The van der Waals surface area contributed by atoms with Crippen LogP contribution >= 0.6 is 0 Å². The number of piperidine rings is 1. The number of nitrogens with zero attached hydrogens (tertiary/aromatic N) is 2. The van der Waals surface area contributed by atoms with E-state index in [2.05, 4.69) is 29.0 Å². The van der Waals surface area contributed by atoms with Crippen LogP contribution in [0.5, 0.6) is 0 Å². The molecule has 1 unspecified atom stereocenters. The molecule has 1 aromatic rings. The van der Waals surface area contributed by atoms with Crippen LogP contribution in [0.3, 0.4) is 0 Å². The van der Waals surface area contributed by atoms with E-state index in [1.54, 1.807) is 0 Å². The average Bonchev–Trinajstić information content (AvgIpc) is 2.73. The molecule has 1 atom stereocenters. The second kappa shape index (κ2) is 4.90. The molecule has 0 aromatic heterocycles. The first-order valence-corrected chi connectivity index (χ1v) is 7.02. The zero-order chi connectivity index (χ0) is 12.5. The van der Waals surface area contributed by atoms with Gasteiger partial charge in [-0.25, -0.2) is 0 Å². The van der Waals surface area contributed by atoms with Crippen LogP contribution in [0.4, 0.5) is 5.69 Å². The molecule has 0 spiro atoms. The third kappa shape index (κ3) is 2.38. The molecule has 0 amide bonds. The van der Waals surface area contributed by atoms with E-state index in [0.717, 1.165) is 24.8 Å². The van der Waals surface area contributed by atoms with Gasteiger partial charge in [0.05, 0.1) is 0 Å². The van der Waals surface area contributed by atoms with Crippen molar-refractivity contribution in [2.24, 2.45) is 0 Å². The lowest BCUT2D eigenvalue weighted by atomic mass is 10.0. The maximum atomic E-state index is 5.86. The molecule has 3 nitrogen and oxygen atoms in total. The lowest BCUT2D eigenvalue weighted by Crippen LogP contribution is -2.43. The second-order valence-corrected chi connectivity index (χ2v) is 5.83. The first-order valence-electron chi connectivity index (χ1n) is 7.02. The van der Waals surface area contributed by atoms with Gasteiger partial charge in [0.15, 0.2) is 0 Å². The smallest absolute Gasteiger partial charge is 0.0317 e. The molecular formula is C15H23N3. The topological polar surface area (TPSA) is 32.5 Å². The summed E-state index contributed by atoms with van der Waals surface area (Å²) in [4.78, 5) is 5.09. The Morgan fingerprint density at radius 1 is 1.22 bits per heavy atom. The maximum Gasteiger partial charge on any atom is 0.0317 e. The van der Waals surface area contributed by atoms with Gasteiger partial charge in [0.1, 0.15) is 0 Å². The molecule has 2 aliphatic heterocycles. The summed E-state index contributed by atoms with van der Waals surface area (Å²) in [6.07, 6.45) is 4.11. The molecule has 1 saturated heterocycles. The first-order chi connectivity index (χ1) is 8.72. The van der Waals surface area contributed by atoms with Gasteiger partial charge < -0.3 is 10.6 Å². The van der Waals surface area contributed by atoms with Crippen LogP contribution in [0.1, 0.15) is 30.4 Å². The van der Waals surface area contributed by atoms with E-state index in [9.17, 15) is 0 Å². The minimum Gasteiger partial charge on any atom is -0.399 e. The van der Waals surface area contributed by atoms with Gasteiger partial charge in [-0.05, 0) is 49.7 Å². The molecule has 0 radical (unpaired) electrons. The summed E-state index contributed by atoms with van der Waals surface area (Å²) in [6, 6.07) is 7.09. The van der Waals surface area contributed by atoms with E-state index in [1.807, 2.05) is 6.07 Å². The van der Waals surface area contributed by atoms with E-state index >= 15 is 0 Å². The van der Waals surface area contributed by atoms with Gasteiger partial charge in [0.2, 0.25) is 0 Å². The highest BCUT2D eigenvalue weighted by Gasteiger charge is 2.25. The fourth-order valence-electron chi connectivity index (χ4n) is 3.29. The molecule has 2 aliphatic rings. The van der Waals surface area contributed by atoms with Crippen molar-refractivity contribution in [2.45, 2.75) is 38.4 Å². The predicted molar refractivity (Wildman–Crippen MR) is 75.2 cm³/mol. The number of likely N-dealkylation sites (N-methyl/N-ethyl adjacent to an activating group) is 1. The van der Waals surface area contributed by atoms with Crippen LogP contribution in [0, 0.1) is 0 Å². The van der Waals surface area contributed by atoms with Crippen molar-refractivity contribution in [2.75, 3.05) is 25.9 Å². The van der Waals surface area contributed by atoms with Gasteiger partial charge in [-0.15, -0.1) is 0 Å². The lowest BCUT2D eigenvalue weighted by Gasteiger charge is -2.35. The van der Waals surface area contributed by atoms with E-state index in [0.29, 0.717) is 0 Å². The number of hydrogen-bond acceptors (Lipinski definition) is 3. The van der Waals surface area contributed by atoms with Gasteiger partial charge in [-0.3, -0.25) is 4.90 Å². The van der Waals surface area contributed by atoms with Crippen LogP contribution in [0.15, 0.2) is 18.2 Å². The predicted octanol–water partition coefficient (Wildman–Crippen LogP) is 2.07. The molecule has 3 heteroatoms. The summed E-state index contributed by atoms with van der Waals surface area (Å²) in [6.45, 7) is 4.63. The quantitative estimate of drug-likeness (QED) is 0.810. The number of rotatable bonds is 2. The van der Waals surface area contributed by atoms with Crippen LogP contribution < -0.4 is 5.73 Å². The molecule has 2 N–H and O–H groups in total. The van der Waals surface area contributed by atoms with Crippen molar-refractivity contribution < 1.29 is 0 Å². The Hall–Kier alpha value is -1.06. The second-order valence-electron chi connectivity index (χ2n) is 5.83. The van der Waals surface area contributed by atoms with Crippen LogP contribution in [-0.4, -0.2) is 36.0 Å². The van der Waals surface area contributed by atoms with Crippen molar-refractivity contribution in [3.8, 4) is 0 Å². The van der Waals surface area contributed by atoms with Crippen LogP contribution in [0.25, 0.3) is 0 Å². The number of hydrogen-bond donors (Lipinski definition) is 1. The normalized spacial score (nSPS) is 25.3. The standard InChI is InChI=1S/C15H23N3/c1-17-7-3-2-4-15(17)11-18-9-12-5-6-14(16)8-13(12)10-18/h5-6,8,15H,2-4,7,9-11,16H2,1H3. The van der Waals surface area contributed by atoms with E-state index < -0.39 is 0 Å². The minimum atomic E-state index is 0.741. The summed E-state index contributed by atoms with van der Waals surface area (Å²) >= 11 is 0. The fourth-order valence-corrected chi connectivity index (χ4v) is 3.29. The van der Waals surface area contributed by atoms with Gasteiger partial charge >= 0.3 is 0 Å². The highest BCUT2D eigenvalue weighted by atomic mass is 15.2. The SMILES string of the molecule is CN1CCCCC1CN1Cc2ccc(N)cc2C1. The van der Waals surface area contributed by atoms with E-state index in [4.69, 9.17) is 5.73 Å². The summed E-state index contributed by atoms with van der Waals surface area (Å²) in [7, 11) is 2.27. The monoisotopic (exact) mass is 245 g/mol. The van der Waals surface area contributed by atoms with Crippen molar-refractivity contribution in [3.05, 3.63) is 29.3 Å². The summed E-state index contributed by atoms with van der Waals surface area (Å²) in [5, 5.41) is 0. The Morgan fingerprint density at radius 3 is 2.89 bits per heavy atom. The summed E-state index contributed by atoms with van der Waals surface area (Å²) in [5.74, 6) is 0. The third-order valence-electron chi connectivity index (χ3n) is 4.41. The molecule has 2 heterocycles. The van der Waals surface area contributed by atoms with Crippen molar-refractivity contribution in [1.82, 2.24) is 9.80 Å². The maximum absolute atomic E-state index is 5.86. The van der Waals surface area contributed by atoms with Crippen LogP contribution in [0.2, 0.25) is 0 Å². The summed E-state index contributed by atoms with van der Waals surface area (Å²) < 4.78 is 0. The number of anilines is 1. The zero-order valence-electron chi connectivity index (χ0n) is 11.2. The van der Waals surface area contributed by atoms with Gasteiger partial charge in [-0.1, -0.05) is 12.5 Å². The summed E-state index contributed by atoms with van der Waals surface area (Å²) in [5.41, 5.74) is 9.64. The molecule has 1 aromatic carbocycles. The first kappa shape index (κ1) is 12.0. The lowest BCUT2D eigenvalue weighted by molar-refractivity contribution is 0.128. The Morgan fingerprint density at radius 2 is 2.06 bits per heavy atom. The number of nitrogen functional groups attached to an aromatic ring is 1. The molecule has 1 fully saturated rings. The highest BCUT2D eigenvalue weighted by Crippen LogP contribution is 2.26. The Kier molecular flexibility index (Phi) is 3.27. The molecule has 0 saturated carbocycles. The number of benzene rings is 1. The van der Waals surface area contributed by atoms with Crippen LogP contribution in [-0.2, 0) is 13.1 Å². The number of nitrogens with two attached hydrogens (primary N) is 1. The van der Waals surface area contributed by atoms with Gasteiger partial charge in [0, 0.05) is 31.4 Å². The molecule has 0 bridgehead atoms. The van der Waals surface area contributed by atoms with E-state index in [-0.39, 0.29) is 0 Å². The van der Waals surface area contributed by atoms with Gasteiger partial charge in [-0.2, -0.15) is 0 Å². The Labute approximate surface area is 110 Å². The third-order valence-corrected chi connectivity index (χ3v) is 4.41. The van der Waals surface area contributed by atoms with Crippen molar-refractivity contribution in [1.29, 1.82) is 0 Å².